The monoisotopic (exact) mass is 767 g/mol. The number of rotatable bonds is 6. The average molecular weight is 768 g/mol. The highest BCUT2D eigenvalue weighted by Crippen LogP contribution is 2.52. The van der Waals surface area contributed by atoms with Crippen LogP contribution in [0.25, 0.3) is 11.0 Å². The van der Waals surface area contributed by atoms with Crippen molar-refractivity contribution in [2.45, 2.75) is 37.9 Å². The molecule has 2 atom stereocenters. The van der Waals surface area contributed by atoms with Crippen molar-refractivity contribution in [1.82, 2.24) is 23.5 Å². The van der Waals surface area contributed by atoms with Crippen molar-refractivity contribution in [3.05, 3.63) is 111 Å². The molecule has 246 valence electrons. The number of Topliss-reactive ketones (excluding diaryl/α,β-unsaturated/α-hetero) is 1. The van der Waals surface area contributed by atoms with Crippen LogP contribution in [0.4, 0.5) is 4.39 Å². The number of hydrogen-bond acceptors (Lipinski definition) is 9. The lowest BCUT2D eigenvalue weighted by atomic mass is 9.68. The maximum Gasteiger partial charge on any atom is 0.347 e. The Kier molecular flexibility index (Phi) is 7.60. The molecular weight excluding hydrogens is 740 g/mol. The van der Waals surface area contributed by atoms with E-state index in [1.807, 2.05) is 0 Å². The largest absolute Gasteiger partial charge is 0.505 e. The van der Waals surface area contributed by atoms with Gasteiger partial charge < -0.3 is 19.1 Å². The average Bonchev–Trinajstić information content (AvgIpc) is 3.32. The number of carbonyl (C=O) groups excluding carboxylic acids is 2. The molecular formula is C33H27FIN5O8. The summed E-state index contributed by atoms with van der Waals surface area (Å²) in [5.74, 6) is -2.64. The van der Waals surface area contributed by atoms with E-state index in [2.05, 4.69) is 4.98 Å². The minimum Gasteiger partial charge on any atom is -0.505 e. The first kappa shape index (κ1) is 31.5. The molecule has 13 nitrogen and oxygen atoms in total. The van der Waals surface area contributed by atoms with E-state index in [9.17, 15) is 33.5 Å². The Balaban J connectivity index is 1.30. The molecule has 2 aromatic carbocycles. The highest BCUT2D eigenvalue weighted by molar-refractivity contribution is 14.1. The number of para-hydroxylation sites is 1. The molecule has 7 rings (SSSR count). The van der Waals surface area contributed by atoms with Crippen LogP contribution in [0.3, 0.4) is 0 Å². The number of allylic oxidation sites excluding steroid dienone is 6. The number of nitrogens with zero attached hydrogens (tertiary/aromatic N) is 5. The number of phenols is 1. The van der Waals surface area contributed by atoms with E-state index in [4.69, 9.17) is 9.47 Å². The SMILES string of the molecule is COc1cc2nc(CCn3c(=O)n4n(c3=O)[C@@H]3CC5=C(C(=O)C(I)=CC5=O)[C@@H](c5cccc(F)c5O)C3=CC4)c(=O)n(C)c2cc1OC. The molecule has 0 saturated carbocycles. The van der Waals surface area contributed by atoms with Crippen molar-refractivity contribution < 1.29 is 28.6 Å². The molecule has 3 aliphatic rings. The van der Waals surface area contributed by atoms with Crippen LogP contribution in [0.5, 0.6) is 17.2 Å². The number of hydrogen-bond donors (Lipinski definition) is 1. The van der Waals surface area contributed by atoms with E-state index in [-0.39, 0.29) is 51.9 Å². The fraction of sp³-hybridized carbons (Fsp3) is 0.273. The zero-order valence-corrected chi connectivity index (χ0v) is 28.0. The first-order chi connectivity index (χ1) is 23.0. The van der Waals surface area contributed by atoms with E-state index in [1.54, 1.807) is 47.8 Å². The van der Waals surface area contributed by atoms with Crippen molar-refractivity contribution >= 4 is 45.2 Å². The lowest BCUT2D eigenvalue weighted by molar-refractivity contribution is -0.115. The van der Waals surface area contributed by atoms with Crippen LogP contribution in [-0.4, -0.2) is 54.4 Å². The van der Waals surface area contributed by atoms with Gasteiger partial charge in [0, 0.05) is 67.3 Å². The maximum atomic E-state index is 14.6. The van der Waals surface area contributed by atoms with Gasteiger partial charge in [0.05, 0.1) is 41.4 Å². The summed E-state index contributed by atoms with van der Waals surface area (Å²) < 4.78 is 30.4. The van der Waals surface area contributed by atoms with Gasteiger partial charge in [-0.25, -0.2) is 32.9 Å². The Morgan fingerprint density at radius 3 is 2.52 bits per heavy atom. The van der Waals surface area contributed by atoms with E-state index in [0.717, 1.165) is 10.6 Å². The number of carbonyl (C=O) groups is 2. The van der Waals surface area contributed by atoms with E-state index in [0.29, 0.717) is 28.1 Å². The highest BCUT2D eigenvalue weighted by Gasteiger charge is 2.46. The summed E-state index contributed by atoms with van der Waals surface area (Å²) in [7, 11) is 4.54. The van der Waals surface area contributed by atoms with Gasteiger partial charge in [0.1, 0.15) is 5.69 Å². The van der Waals surface area contributed by atoms with Gasteiger partial charge in [0.2, 0.25) is 0 Å². The van der Waals surface area contributed by atoms with Crippen LogP contribution in [-0.2, 0) is 36.1 Å². The van der Waals surface area contributed by atoms with Crippen molar-refractivity contribution in [3.63, 3.8) is 0 Å². The van der Waals surface area contributed by atoms with Gasteiger partial charge in [0.25, 0.3) is 5.56 Å². The molecule has 0 spiro atoms. The summed E-state index contributed by atoms with van der Waals surface area (Å²) in [5.41, 5.74) is 0.141. The smallest absolute Gasteiger partial charge is 0.347 e. The summed E-state index contributed by atoms with van der Waals surface area (Å²) in [5, 5.41) is 10.8. The van der Waals surface area contributed by atoms with E-state index in [1.165, 1.54) is 46.4 Å². The van der Waals surface area contributed by atoms with Crippen LogP contribution in [0, 0.1) is 5.82 Å². The van der Waals surface area contributed by atoms with Gasteiger partial charge in [-0.15, -0.1) is 0 Å². The molecule has 3 heterocycles. The fourth-order valence-electron chi connectivity index (χ4n) is 6.92. The molecule has 0 amide bonds. The molecule has 0 fully saturated rings. The Morgan fingerprint density at radius 1 is 1.06 bits per heavy atom. The standard InChI is InChI=1S/C33H27FIN5O8/c1-37-23-14-26(48-3)25(47-2)13-21(23)36-20(31(37)44)8-9-38-32(45)39-10-7-15-22(40(39)33(38)46)11-17-24(41)12-19(35)30(43)28(17)27(15)16-5-4-6-18(34)29(16)42/h4-7,12-14,22,27,42H,8-11H2,1-3H3/t22-,27-/m1/s1. The summed E-state index contributed by atoms with van der Waals surface area (Å²) >= 11 is 1.78. The summed E-state index contributed by atoms with van der Waals surface area (Å²) in [6.07, 6.45) is 2.78. The summed E-state index contributed by atoms with van der Waals surface area (Å²) in [6.45, 7) is -0.233. The lowest BCUT2D eigenvalue weighted by Crippen LogP contribution is -2.40. The van der Waals surface area contributed by atoms with Crippen molar-refractivity contribution in [3.8, 4) is 17.2 Å². The molecule has 1 aliphatic heterocycles. The molecule has 0 bridgehead atoms. The van der Waals surface area contributed by atoms with Crippen molar-refractivity contribution in [1.29, 1.82) is 0 Å². The minimum atomic E-state index is -1.04. The second-order valence-electron chi connectivity index (χ2n) is 11.6. The number of aromatic nitrogens is 5. The third kappa shape index (κ3) is 4.62. The number of benzene rings is 2. The fourth-order valence-corrected chi connectivity index (χ4v) is 7.49. The van der Waals surface area contributed by atoms with Crippen LogP contribution < -0.4 is 26.4 Å². The molecule has 1 N–H and O–H groups in total. The van der Waals surface area contributed by atoms with Crippen LogP contribution >= 0.6 is 22.6 Å². The summed E-state index contributed by atoms with van der Waals surface area (Å²) in [4.78, 5) is 72.2. The van der Waals surface area contributed by atoms with E-state index >= 15 is 0 Å². The quantitative estimate of drug-likeness (QED) is 0.177. The lowest BCUT2D eigenvalue weighted by Gasteiger charge is -2.39. The number of methoxy groups -OCH3 is 2. The zero-order chi connectivity index (χ0) is 34.2. The van der Waals surface area contributed by atoms with Gasteiger partial charge in [-0.1, -0.05) is 18.2 Å². The number of fused-ring (bicyclic) bond motifs is 4. The molecule has 15 heteroatoms. The number of halogens is 2. The molecule has 2 aromatic heterocycles. The predicted octanol–water partition coefficient (Wildman–Crippen LogP) is 2.60. The molecule has 0 unspecified atom stereocenters. The minimum absolute atomic E-state index is 0.0492. The molecule has 48 heavy (non-hydrogen) atoms. The Labute approximate surface area is 283 Å². The molecule has 0 saturated heterocycles. The Bertz CT molecular complexity index is 2400. The van der Waals surface area contributed by atoms with E-state index < -0.39 is 52.0 Å². The van der Waals surface area contributed by atoms with Gasteiger partial charge in [-0.05, 0) is 34.2 Å². The third-order valence-corrected chi connectivity index (χ3v) is 10.0. The second kappa shape index (κ2) is 11.6. The number of phenolic OH excluding ortho intramolecular Hbond substituents is 1. The zero-order valence-electron chi connectivity index (χ0n) is 25.8. The van der Waals surface area contributed by atoms with Gasteiger partial charge in [0.15, 0.2) is 34.6 Å². The predicted molar refractivity (Wildman–Crippen MR) is 178 cm³/mol. The molecule has 0 radical (unpaired) electrons. The normalized spacial score (nSPS) is 18.7. The number of ether oxygens (including phenoxy) is 2. The Morgan fingerprint density at radius 2 is 1.79 bits per heavy atom. The van der Waals surface area contributed by atoms with Crippen molar-refractivity contribution in [2.75, 3.05) is 14.2 Å². The van der Waals surface area contributed by atoms with Gasteiger partial charge >= 0.3 is 11.4 Å². The third-order valence-electron chi connectivity index (χ3n) is 9.23. The van der Waals surface area contributed by atoms with Gasteiger partial charge in [-0.2, -0.15) is 0 Å². The van der Waals surface area contributed by atoms with Crippen molar-refractivity contribution in [2.24, 2.45) is 7.05 Å². The Hall–Kier alpha value is -5.06. The number of aromatic hydroxyl groups is 1. The van der Waals surface area contributed by atoms with Crippen LogP contribution in [0.2, 0.25) is 0 Å². The number of ketones is 2. The van der Waals surface area contributed by atoms with Crippen LogP contribution in [0.15, 0.2) is 77.2 Å². The maximum absolute atomic E-state index is 14.6. The summed E-state index contributed by atoms with van der Waals surface area (Å²) in [6, 6.07) is 6.33. The first-order valence-electron chi connectivity index (χ1n) is 14.9. The number of aryl methyl sites for hydroxylation is 2. The molecule has 4 aromatic rings. The molecule has 2 aliphatic carbocycles. The first-order valence-corrected chi connectivity index (χ1v) is 15.9. The second-order valence-corrected chi connectivity index (χ2v) is 12.8. The van der Waals surface area contributed by atoms with Crippen LogP contribution in [0.1, 0.15) is 29.6 Å². The van der Waals surface area contributed by atoms with Gasteiger partial charge in [-0.3, -0.25) is 14.4 Å². The highest BCUT2D eigenvalue weighted by atomic mass is 127. The topological polar surface area (TPSA) is 157 Å².